The van der Waals surface area contributed by atoms with Crippen LogP contribution in [0.25, 0.3) is 0 Å². The lowest BCUT2D eigenvalue weighted by molar-refractivity contribution is -0.117. The van der Waals surface area contributed by atoms with E-state index in [4.69, 9.17) is 0 Å². The fourth-order valence-electron chi connectivity index (χ4n) is 1.92. The van der Waals surface area contributed by atoms with Crippen LogP contribution in [0.15, 0.2) is 29.2 Å². The van der Waals surface area contributed by atoms with Crippen LogP contribution in [-0.4, -0.2) is 15.2 Å². The van der Waals surface area contributed by atoms with Crippen molar-refractivity contribution in [3.8, 4) is 0 Å². The molecular weight excluding hydrogens is 208 g/mol. The van der Waals surface area contributed by atoms with Crippen molar-refractivity contribution < 1.29 is 9.00 Å². The van der Waals surface area contributed by atoms with Gasteiger partial charge in [-0.1, -0.05) is 18.2 Å². The fraction of sp³-hybridized carbons (Fsp3) is 0.417. The summed E-state index contributed by atoms with van der Waals surface area (Å²) in [4.78, 5) is 12.0. The lowest BCUT2D eigenvalue weighted by Gasteiger charge is -2.10. The average Bonchev–Trinajstić information content (AvgIpc) is 2.65. The van der Waals surface area contributed by atoms with Gasteiger partial charge in [-0.25, -0.2) is 0 Å². The first kappa shape index (κ1) is 10.6. The molecular formula is C12H14O2S. The largest absolute Gasteiger partial charge is 0.300 e. The van der Waals surface area contributed by atoms with Gasteiger partial charge in [-0.2, -0.15) is 0 Å². The van der Waals surface area contributed by atoms with E-state index in [2.05, 4.69) is 0 Å². The quantitative estimate of drug-likeness (QED) is 0.769. The van der Waals surface area contributed by atoms with E-state index in [0.29, 0.717) is 12.8 Å². The highest BCUT2D eigenvalue weighted by Crippen LogP contribution is 2.25. The summed E-state index contributed by atoms with van der Waals surface area (Å²) in [6.45, 7) is 1.96. The van der Waals surface area contributed by atoms with E-state index in [9.17, 15) is 9.00 Å². The van der Waals surface area contributed by atoms with Crippen molar-refractivity contribution in [2.75, 3.05) is 0 Å². The number of hydrogen-bond donors (Lipinski definition) is 0. The zero-order valence-electron chi connectivity index (χ0n) is 8.73. The Morgan fingerprint density at radius 1 is 1.33 bits per heavy atom. The molecule has 0 N–H and O–H groups in total. The first-order valence-corrected chi connectivity index (χ1v) is 6.37. The highest BCUT2D eigenvalue weighted by atomic mass is 32.2. The molecule has 1 aliphatic rings. The van der Waals surface area contributed by atoms with Crippen LogP contribution in [0.4, 0.5) is 0 Å². The molecule has 2 unspecified atom stereocenters. The van der Waals surface area contributed by atoms with E-state index in [-0.39, 0.29) is 11.0 Å². The van der Waals surface area contributed by atoms with Crippen molar-refractivity contribution in [1.82, 2.24) is 0 Å². The molecule has 1 fully saturated rings. The van der Waals surface area contributed by atoms with Gasteiger partial charge in [0.2, 0.25) is 0 Å². The maximum absolute atomic E-state index is 12.2. The minimum Gasteiger partial charge on any atom is -0.300 e. The summed E-state index contributed by atoms with van der Waals surface area (Å²) in [7, 11) is -1.01. The Labute approximate surface area is 92.2 Å². The lowest BCUT2D eigenvalue weighted by atomic mass is 10.2. The zero-order chi connectivity index (χ0) is 10.8. The Morgan fingerprint density at radius 2 is 2.07 bits per heavy atom. The van der Waals surface area contributed by atoms with E-state index >= 15 is 0 Å². The second-order valence-corrected chi connectivity index (χ2v) is 5.67. The van der Waals surface area contributed by atoms with Crippen LogP contribution in [0.2, 0.25) is 0 Å². The van der Waals surface area contributed by atoms with Crippen LogP contribution in [-0.2, 0) is 15.6 Å². The molecule has 1 aliphatic carbocycles. The lowest BCUT2D eigenvalue weighted by Crippen LogP contribution is -2.12. The molecule has 3 heteroatoms. The van der Waals surface area contributed by atoms with E-state index < -0.39 is 10.8 Å². The standard InChI is InChI=1S/C12H14O2S/c1-9-4-2-3-5-12(9)15(14)11-7-6-10(13)8-11/h2-5,11H,6-8H2,1H3. The van der Waals surface area contributed by atoms with Crippen LogP contribution in [0.3, 0.4) is 0 Å². The molecule has 0 bridgehead atoms. The molecule has 0 spiro atoms. The van der Waals surface area contributed by atoms with Crippen LogP contribution >= 0.6 is 0 Å². The molecule has 2 nitrogen and oxygen atoms in total. The number of rotatable bonds is 2. The van der Waals surface area contributed by atoms with Gasteiger partial charge >= 0.3 is 0 Å². The first-order chi connectivity index (χ1) is 7.18. The normalized spacial score (nSPS) is 23.0. The predicted molar refractivity (Wildman–Crippen MR) is 60.2 cm³/mol. The van der Waals surface area contributed by atoms with Crippen molar-refractivity contribution in [3.63, 3.8) is 0 Å². The van der Waals surface area contributed by atoms with E-state index in [1.807, 2.05) is 31.2 Å². The first-order valence-electron chi connectivity index (χ1n) is 5.16. The Kier molecular flexibility index (Phi) is 3.00. The Bertz CT molecular complexity index is 412. The maximum atomic E-state index is 12.2. The molecule has 0 radical (unpaired) electrons. The van der Waals surface area contributed by atoms with Crippen molar-refractivity contribution in [1.29, 1.82) is 0 Å². The molecule has 0 aliphatic heterocycles. The van der Waals surface area contributed by atoms with Gasteiger partial charge in [0.25, 0.3) is 0 Å². The number of carbonyl (C=O) groups is 1. The highest BCUT2D eigenvalue weighted by molar-refractivity contribution is 7.85. The highest BCUT2D eigenvalue weighted by Gasteiger charge is 2.28. The smallest absolute Gasteiger partial charge is 0.134 e. The third-order valence-electron chi connectivity index (χ3n) is 2.81. The van der Waals surface area contributed by atoms with Gasteiger partial charge in [0.05, 0.1) is 10.8 Å². The monoisotopic (exact) mass is 222 g/mol. The number of Topliss-reactive ketones (excluding diaryl/α,β-unsaturated/α-hetero) is 1. The summed E-state index contributed by atoms with van der Waals surface area (Å²) in [5.41, 5.74) is 1.05. The summed E-state index contributed by atoms with van der Waals surface area (Å²) < 4.78 is 12.2. The van der Waals surface area contributed by atoms with Crippen LogP contribution in [0.1, 0.15) is 24.8 Å². The molecule has 2 atom stereocenters. The van der Waals surface area contributed by atoms with Gasteiger partial charge in [0, 0.05) is 23.0 Å². The zero-order valence-corrected chi connectivity index (χ0v) is 9.55. The van der Waals surface area contributed by atoms with Gasteiger partial charge in [-0.05, 0) is 25.0 Å². The molecule has 0 heterocycles. The predicted octanol–water partition coefficient (Wildman–Crippen LogP) is 2.22. The summed E-state index contributed by atoms with van der Waals surface area (Å²) >= 11 is 0. The van der Waals surface area contributed by atoms with Gasteiger partial charge in [-0.3, -0.25) is 9.00 Å². The minimum absolute atomic E-state index is 0.0404. The molecule has 1 aromatic rings. The SMILES string of the molecule is Cc1ccccc1S(=O)C1CCC(=O)C1. The van der Waals surface area contributed by atoms with Crippen LogP contribution < -0.4 is 0 Å². The van der Waals surface area contributed by atoms with Crippen LogP contribution in [0, 0.1) is 6.92 Å². The molecule has 1 aromatic carbocycles. The van der Waals surface area contributed by atoms with Crippen molar-refractivity contribution in [3.05, 3.63) is 29.8 Å². The topological polar surface area (TPSA) is 34.1 Å². The summed E-state index contributed by atoms with van der Waals surface area (Å²) in [5, 5.41) is 0.0404. The molecule has 1 saturated carbocycles. The molecule has 80 valence electrons. The van der Waals surface area contributed by atoms with E-state index in [1.165, 1.54) is 0 Å². The molecule has 15 heavy (non-hydrogen) atoms. The third kappa shape index (κ3) is 2.17. The molecule has 0 saturated heterocycles. The van der Waals surface area contributed by atoms with Gasteiger partial charge in [0.15, 0.2) is 0 Å². The fourth-order valence-corrected chi connectivity index (χ4v) is 3.55. The van der Waals surface area contributed by atoms with Gasteiger partial charge < -0.3 is 0 Å². The molecule has 2 rings (SSSR count). The number of aryl methyl sites for hydroxylation is 1. The Morgan fingerprint density at radius 3 is 2.67 bits per heavy atom. The van der Waals surface area contributed by atoms with Crippen molar-refractivity contribution in [2.24, 2.45) is 0 Å². The second-order valence-electron chi connectivity index (χ2n) is 3.97. The summed E-state index contributed by atoms with van der Waals surface area (Å²) in [5.74, 6) is 0.252. The van der Waals surface area contributed by atoms with Crippen molar-refractivity contribution >= 4 is 16.6 Å². The summed E-state index contributed by atoms with van der Waals surface area (Å²) in [6, 6.07) is 7.70. The van der Waals surface area contributed by atoms with E-state index in [1.54, 1.807) is 0 Å². The third-order valence-corrected chi connectivity index (χ3v) is 4.71. The number of hydrogen-bond acceptors (Lipinski definition) is 2. The second kappa shape index (κ2) is 4.27. The average molecular weight is 222 g/mol. The molecule has 0 amide bonds. The summed E-state index contributed by atoms with van der Waals surface area (Å²) in [6.07, 6.45) is 1.86. The number of carbonyl (C=O) groups excluding carboxylic acids is 1. The number of benzene rings is 1. The maximum Gasteiger partial charge on any atom is 0.134 e. The van der Waals surface area contributed by atoms with Gasteiger partial charge in [0.1, 0.15) is 5.78 Å². The van der Waals surface area contributed by atoms with Crippen molar-refractivity contribution in [2.45, 2.75) is 36.3 Å². The van der Waals surface area contributed by atoms with Crippen LogP contribution in [0.5, 0.6) is 0 Å². The molecule has 0 aromatic heterocycles. The number of ketones is 1. The Balaban J connectivity index is 2.21. The van der Waals surface area contributed by atoms with Gasteiger partial charge in [-0.15, -0.1) is 0 Å². The van der Waals surface area contributed by atoms with E-state index in [0.717, 1.165) is 16.9 Å². The minimum atomic E-state index is -1.01. The Hall–Kier alpha value is -0.960.